The van der Waals surface area contributed by atoms with Crippen LogP contribution in [0, 0.1) is 23.2 Å². The number of pyridine rings is 2. The lowest BCUT2D eigenvalue weighted by molar-refractivity contribution is 0.204. The molecule has 6 nitrogen and oxygen atoms in total. The van der Waals surface area contributed by atoms with Crippen LogP contribution in [0.25, 0.3) is 28.0 Å². The third-order valence-corrected chi connectivity index (χ3v) is 5.99. The topological polar surface area (TPSA) is 93.4 Å². The molecule has 3 heterocycles. The summed E-state index contributed by atoms with van der Waals surface area (Å²) in [5, 5.41) is 14.4. The zero-order chi connectivity index (χ0) is 21.4. The second-order valence-corrected chi connectivity index (χ2v) is 7.98. The van der Waals surface area contributed by atoms with Gasteiger partial charge in [-0.05, 0) is 49.1 Å². The molecule has 0 radical (unpaired) electrons. The molecule has 0 aliphatic heterocycles. The Balaban J connectivity index is 0.00000245. The van der Waals surface area contributed by atoms with Crippen LogP contribution in [0.4, 0.5) is 4.39 Å². The van der Waals surface area contributed by atoms with E-state index < -0.39 is 6.67 Å². The Morgan fingerprint density at radius 1 is 1.12 bits per heavy atom. The number of nitriles is 1. The van der Waals surface area contributed by atoms with Crippen LogP contribution in [0.1, 0.15) is 30.3 Å². The van der Waals surface area contributed by atoms with Gasteiger partial charge in [-0.2, -0.15) is 23.9 Å². The Labute approximate surface area is 192 Å². The summed E-state index contributed by atoms with van der Waals surface area (Å²) in [6, 6.07) is 19.2. The number of halogens is 1. The molecule has 8 heteroatoms. The van der Waals surface area contributed by atoms with Gasteiger partial charge in [-0.1, -0.05) is 24.3 Å². The maximum atomic E-state index is 13.1. The molecule has 0 saturated heterocycles. The molecule has 162 valence electrons. The van der Waals surface area contributed by atoms with E-state index in [-0.39, 0.29) is 25.5 Å². The summed E-state index contributed by atoms with van der Waals surface area (Å²) in [5.74, 6) is 0.986. The van der Waals surface area contributed by atoms with Gasteiger partial charge in [-0.3, -0.25) is 4.98 Å². The van der Waals surface area contributed by atoms with Gasteiger partial charge < -0.3 is 5.73 Å². The molecule has 1 aromatic carbocycles. The van der Waals surface area contributed by atoms with Crippen molar-refractivity contribution in [3.63, 3.8) is 0 Å². The molecule has 3 aromatic heterocycles. The zero-order valence-electron chi connectivity index (χ0n) is 17.3. The zero-order valence-corrected chi connectivity index (χ0v) is 18.3. The Bertz CT molecular complexity index is 1290. The number of nitrogens with two attached hydrogens (primary N) is 1. The lowest BCUT2D eigenvalue weighted by Crippen LogP contribution is -2.33. The van der Waals surface area contributed by atoms with Gasteiger partial charge in [-0.15, -0.1) is 0 Å². The number of benzene rings is 1. The van der Waals surface area contributed by atoms with Gasteiger partial charge in [-0.25, -0.2) is 14.1 Å². The van der Waals surface area contributed by atoms with E-state index in [0.29, 0.717) is 17.4 Å². The summed E-state index contributed by atoms with van der Waals surface area (Å²) in [7, 11) is 0. The van der Waals surface area contributed by atoms with Crippen LogP contribution >= 0.6 is 13.5 Å². The number of aromatic nitrogens is 4. The summed E-state index contributed by atoms with van der Waals surface area (Å²) >= 11 is 0. The number of rotatable bonds is 5. The highest BCUT2D eigenvalue weighted by Gasteiger charge is 2.34. The fourth-order valence-electron chi connectivity index (χ4n) is 4.12. The smallest absolute Gasteiger partial charge is 0.154 e. The third kappa shape index (κ3) is 3.97. The number of hydrogen-bond acceptors (Lipinski definition) is 5. The van der Waals surface area contributed by atoms with Crippen LogP contribution in [0.3, 0.4) is 0 Å². The van der Waals surface area contributed by atoms with Crippen molar-refractivity contribution >= 4 is 24.4 Å². The van der Waals surface area contributed by atoms with E-state index in [1.807, 2.05) is 42.5 Å². The van der Waals surface area contributed by atoms with Gasteiger partial charge in [0.05, 0.1) is 34.9 Å². The summed E-state index contributed by atoms with van der Waals surface area (Å²) in [4.78, 5) is 9.16. The van der Waals surface area contributed by atoms with Gasteiger partial charge in [0.15, 0.2) is 5.82 Å². The van der Waals surface area contributed by atoms with Crippen molar-refractivity contribution in [3.05, 3.63) is 72.2 Å². The summed E-state index contributed by atoms with van der Waals surface area (Å²) in [5.41, 5.74) is 10.3. The average molecular weight is 447 g/mol. The molecule has 0 spiro atoms. The normalized spacial score (nSPS) is 18.4. The number of hydrogen-bond donors (Lipinski definition) is 1. The molecular formula is C24H23FN6S. The molecule has 2 N–H and O–H groups in total. The lowest BCUT2D eigenvalue weighted by atomic mass is 9.71. The van der Waals surface area contributed by atoms with Crippen molar-refractivity contribution in [2.45, 2.75) is 25.6 Å². The van der Waals surface area contributed by atoms with Crippen molar-refractivity contribution in [3.8, 4) is 23.1 Å². The first-order valence-electron chi connectivity index (χ1n) is 10.3. The minimum absolute atomic E-state index is 0. The fraction of sp³-hybridized carbons (Fsp3) is 0.250. The highest BCUT2D eigenvalue weighted by molar-refractivity contribution is 7.59. The molecule has 1 saturated carbocycles. The predicted molar refractivity (Wildman–Crippen MR) is 126 cm³/mol. The van der Waals surface area contributed by atoms with E-state index >= 15 is 0 Å². The maximum absolute atomic E-state index is 13.1. The average Bonchev–Trinajstić information content (AvgIpc) is 3.22. The molecule has 0 amide bonds. The molecule has 1 atom stereocenters. The Hall–Kier alpha value is -3.28. The van der Waals surface area contributed by atoms with E-state index in [1.54, 1.807) is 23.0 Å². The molecule has 1 aliphatic carbocycles. The molecule has 1 fully saturated rings. The monoisotopic (exact) mass is 446 g/mol. The van der Waals surface area contributed by atoms with Crippen molar-refractivity contribution in [2.75, 3.05) is 0 Å². The van der Waals surface area contributed by atoms with E-state index in [0.717, 1.165) is 40.7 Å². The lowest BCUT2D eigenvalue weighted by Gasteiger charge is -2.34. The molecule has 0 unspecified atom stereocenters. The number of nitrogens with zero attached hydrogens (tertiary/aromatic N) is 5. The molecular weight excluding hydrogens is 423 g/mol. The SMILES string of the molecule is N#CC1CC([C@H](N)c2cccc(-c3ccc4cnn(-c5cccc(CF)n5)c4c3)n2)C1.S. The van der Waals surface area contributed by atoms with Crippen molar-refractivity contribution in [1.82, 2.24) is 19.7 Å². The molecule has 4 aromatic rings. The number of alkyl halides is 1. The van der Waals surface area contributed by atoms with Crippen molar-refractivity contribution < 1.29 is 4.39 Å². The van der Waals surface area contributed by atoms with Crippen LogP contribution in [0.5, 0.6) is 0 Å². The minimum Gasteiger partial charge on any atom is -0.322 e. The summed E-state index contributed by atoms with van der Waals surface area (Å²) in [6.07, 6.45) is 3.43. The van der Waals surface area contributed by atoms with Gasteiger partial charge >= 0.3 is 0 Å². The number of fused-ring (bicyclic) bond motifs is 1. The molecule has 1 aliphatic rings. The highest BCUT2D eigenvalue weighted by atomic mass is 32.1. The van der Waals surface area contributed by atoms with Gasteiger partial charge in [0.2, 0.25) is 0 Å². The third-order valence-electron chi connectivity index (χ3n) is 5.99. The highest BCUT2D eigenvalue weighted by Crippen LogP contribution is 2.40. The van der Waals surface area contributed by atoms with Crippen LogP contribution in [0.2, 0.25) is 0 Å². The van der Waals surface area contributed by atoms with E-state index in [9.17, 15) is 4.39 Å². The van der Waals surface area contributed by atoms with Gasteiger partial charge in [0.1, 0.15) is 6.67 Å². The van der Waals surface area contributed by atoms with Crippen LogP contribution < -0.4 is 5.73 Å². The van der Waals surface area contributed by atoms with Gasteiger partial charge in [0, 0.05) is 22.9 Å². The Kier molecular flexibility index (Phi) is 6.21. The standard InChI is InChI=1S/C24H21FN6.H2S/c25-12-19-3-1-6-23(29-19)31-22-11-16(7-8-17(22)14-28-31)20-4-2-5-21(30-20)24(27)18-9-15(10-18)13-26;/h1-8,11,14-15,18,24H,9-10,12,27H2;1H2/t15?,18?,24-;/m0./s1. The summed E-state index contributed by atoms with van der Waals surface area (Å²) < 4.78 is 14.8. The second-order valence-electron chi connectivity index (χ2n) is 7.98. The maximum Gasteiger partial charge on any atom is 0.154 e. The first kappa shape index (κ1) is 21.9. The van der Waals surface area contributed by atoms with Crippen LogP contribution in [-0.2, 0) is 6.67 Å². The largest absolute Gasteiger partial charge is 0.322 e. The van der Waals surface area contributed by atoms with Crippen LogP contribution in [0.15, 0.2) is 60.8 Å². The van der Waals surface area contributed by atoms with Gasteiger partial charge in [0.25, 0.3) is 0 Å². The first-order valence-corrected chi connectivity index (χ1v) is 10.3. The molecule has 0 bridgehead atoms. The quantitative estimate of drug-likeness (QED) is 0.483. The van der Waals surface area contributed by atoms with Crippen molar-refractivity contribution in [2.24, 2.45) is 17.6 Å². The van der Waals surface area contributed by atoms with Crippen molar-refractivity contribution in [1.29, 1.82) is 5.26 Å². The van der Waals surface area contributed by atoms with E-state index in [4.69, 9.17) is 16.0 Å². The predicted octanol–water partition coefficient (Wildman–Crippen LogP) is 4.61. The Morgan fingerprint density at radius 2 is 1.94 bits per heavy atom. The fourth-order valence-corrected chi connectivity index (χ4v) is 4.12. The first-order chi connectivity index (χ1) is 15.2. The van der Waals surface area contributed by atoms with E-state index in [1.165, 1.54) is 0 Å². The minimum atomic E-state index is -0.620. The molecule has 32 heavy (non-hydrogen) atoms. The second kappa shape index (κ2) is 9.07. The Morgan fingerprint density at radius 3 is 2.72 bits per heavy atom. The van der Waals surface area contributed by atoms with Crippen LogP contribution in [-0.4, -0.2) is 19.7 Å². The molecule has 5 rings (SSSR count). The summed E-state index contributed by atoms with van der Waals surface area (Å²) in [6.45, 7) is -0.620. The van der Waals surface area contributed by atoms with E-state index in [2.05, 4.69) is 16.2 Å².